The lowest BCUT2D eigenvalue weighted by Crippen LogP contribution is -2.48. The van der Waals surface area contributed by atoms with Crippen LogP contribution in [0.25, 0.3) is 0 Å². The maximum Gasteiger partial charge on any atom is 0.238 e. The number of carbonyl (C=O) groups is 1. The van der Waals surface area contributed by atoms with Crippen molar-refractivity contribution in [2.75, 3.05) is 42.9 Å². The summed E-state index contributed by atoms with van der Waals surface area (Å²) in [6.07, 6.45) is 1.06. The van der Waals surface area contributed by atoms with Crippen LogP contribution in [0, 0.1) is 0 Å². The highest BCUT2D eigenvalue weighted by Gasteiger charge is 2.19. The molecule has 0 aliphatic carbocycles. The molecule has 138 valence electrons. The van der Waals surface area contributed by atoms with Crippen molar-refractivity contribution >= 4 is 17.3 Å². The highest BCUT2D eigenvalue weighted by atomic mass is 16.2. The van der Waals surface area contributed by atoms with Gasteiger partial charge in [0.1, 0.15) is 0 Å². The molecule has 0 saturated carbocycles. The number of anilines is 2. The van der Waals surface area contributed by atoms with Gasteiger partial charge in [0.15, 0.2) is 0 Å². The number of piperazine rings is 1. The maximum atomic E-state index is 12.5. The number of hydrogen-bond donors (Lipinski definition) is 1. The molecule has 1 heterocycles. The zero-order valence-electron chi connectivity index (χ0n) is 15.8. The minimum absolute atomic E-state index is 0.0777. The third-order valence-electron chi connectivity index (χ3n) is 5.24. The van der Waals surface area contributed by atoms with Crippen molar-refractivity contribution in [3.63, 3.8) is 0 Å². The summed E-state index contributed by atoms with van der Waals surface area (Å²) in [6, 6.07) is 18.6. The quantitative estimate of drug-likeness (QED) is 0.856. The number of amides is 1. The van der Waals surface area contributed by atoms with Gasteiger partial charge in [-0.1, -0.05) is 50.2 Å². The van der Waals surface area contributed by atoms with Crippen molar-refractivity contribution in [1.82, 2.24) is 4.90 Å². The summed E-state index contributed by atoms with van der Waals surface area (Å²) >= 11 is 0. The molecule has 1 fully saturated rings. The fourth-order valence-electron chi connectivity index (χ4n) is 3.46. The normalized spacial score (nSPS) is 16.3. The minimum Gasteiger partial charge on any atom is -0.369 e. The first-order valence-electron chi connectivity index (χ1n) is 9.58. The van der Waals surface area contributed by atoms with Crippen LogP contribution < -0.4 is 10.2 Å². The van der Waals surface area contributed by atoms with Crippen molar-refractivity contribution in [2.24, 2.45) is 0 Å². The molecule has 1 aliphatic rings. The predicted molar refractivity (Wildman–Crippen MR) is 109 cm³/mol. The molecule has 4 heteroatoms. The van der Waals surface area contributed by atoms with Gasteiger partial charge in [0.2, 0.25) is 5.91 Å². The van der Waals surface area contributed by atoms with Crippen LogP contribution in [0.1, 0.15) is 31.7 Å². The molecule has 1 amide bonds. The van der Waals surface area contributed by atoms with Crippen molar-refractivity contribution in [3.05, 3.63) is 60.2 Å². The van der Waals surface area contributed by atoms with Gasteiger partial charge >= 0.3 is 0 Å². The zero-order chi connectivity index (χ0) is 18.4. The summed E-state index contributed by atoms with van der Waals surface area (Å²) in [6.45, 7) is 8.58. The van der Waals surface area contributed by atoms with Gasteiger partial charge in [-0.2, -0.15) is 0 Å². The number of carbonyl (C=O) groups excluding carboxylic acids is 1. The van der Waals surface area contributed by atoms with E-state index in [0.717, 1.165) is 38.3 Å². The van der Waals surface area contributed by atoms with Crippen LogP contribution in [0.4, 0.5) is 11.4 Å². The van der Waals surface area contributed by atoms with Crippen LogP contribution in [0.3, 0.4) is 0 Å². The van der Waals surface area contributed by atoms with E-state index >= 15 is 0 Å². The molecule has 2 aromatic carbocycles. The van der Waals surface area contributed by atoms with Crippen LogP contribution in [0.2, 0.25) is 0 Å². The Bertz CT molecular complexity index is 708. The molecular weight excluding hydrogens is 322 g/mol. The van der Waals surface area contributed by atoms with E-state index < -0.39 is 0 Å². The molecule has 3 rings (SSSR count). The fourth-order valence-corrected chi connectivity index (χ4v) is 3.46. The summed E-state index contributed by atoms with van der Waals surface area (Å²) in [4.78, 5) is 17.1. The molecule has 1 N–H and O–H groups in total. The van der Waals surface area contributed by atoms with Gasteiger partial charge in [0, 0.05) is 37.6 Å². The Balaban J connectivity index is 1.52. The lowest BCUT2D eigenvalue weighted by atomic mass is 9.97. The number of nitrogens with one attached hydrogen (secondary N) is 1. The van der Waals surface area contributed by atoms with Crippen LogP contribution in [-0.4, -0.2) is 43.5 Å². The molecule has 2 aromatic rings. The molecule has 0 radical (unpaired) electrons. The van der Waals surface area contributed by atoms with Gasteiger partial charge in [-0.05, 0) is 36.1 Å². The number of hydrogen-bond acceptors (Lipinski definition) is 3. The number of nitrogens with zero attached hydrogens (tertiary/aromatic N) is 2. The number of rotatable bonds is 6. The molecule has 0 bridgehead atoms. The van der Waals surface area contributed by atoms with Gasteiger partial charge in [-0.25, -0.2) is 0 Å². The summed E-state index contributed by atoms with van der Waals surface area (Å²) in [7, 11) is 0. The van der Waals surface area contributed by atoms with Crippen LogP contribution >= 0.6 is 0 Å². The minimum atomic E-state index is 0.0777. The average Bonchev–Trinajstić information content (AvgIpc) is 2.69. The van der Waals surface area contributed by atoms with Gasteiger partial charge in [-0.15, -0.1) is 0 Å². The summed E-state index contributed by atoms with van der Waals surface area (Å²) in [5.74, 6) is 0.523. The second-order valence-electron chi connectivity index (χ2n) is 7.04. The van der Waals surface area contributed by atoms with Crippen molar-refractivity contribution in [2.45, 2.75) is 26.2 Å². The van der Waals surface area contributed by atoms with Gasteiger partial charge in [0.25, 0.3) is 0 Å². The number of benzene rings is 2. The molecular formula is C22H29N3O. The first kappa shape index (κ1) is 18.5. The molecule has 0 aromatic heterocycles. The monoisotopic (exact) mass is 351 g/mol. The molecule has 4 nitrogen and oxygen atoms in total. The van der Waals surface area contributed by atoms with Crippen LogP contribution in [0.5, 0.6) is 0 Å². The molecule has 0 unspecified atom stereocenters. The van der Waals surface area contributed by atoms with Gasteiger partial charge in [0.05, 0.1) is 6.54 Å². The van der Waals surface area contributed by atoms with E-state index in [2.05, 4.69) is 59.3 Å². The SMILES string of the molecule is CC[C@@H](C)c1ccccc1NC(=O)CN1CCN(c2ccccc2)CC1. The van der Waals surface area contributed by atoms with Gasteiger partial charge < -0.3 is 10.2 Å². The van der Waals surface area contributed by atoms with E-state index in [1.165, 1.54) is 11.3 Å². The Hall–Kier alpha value is -2.33. The van der Waals surface area contributed by atoms with Gasteiger partial charge in [-0.3, -0.25) is 9.69 Å². The van der Waals surface area contributed by atoms with E-state index in [1.807, 2.05) is 24.3 Å². The highest BCUT2D eigenvalue weighted by Crippen LogP contribution is 2.26. The maximum absolute atomic E-state index is 12.5. The first-order chi connectivity index (χ1) is 12.7. The van der Waals surface area contributed by atoms with Crippen LogP contribution in [0.15, 0.2) is 54.6 Å². The van der Waals surface area contributed by atoms with Crippen LogP contribution in [-0.2, 0) is 4.79 Å². The third kappa shape index (κ3) is 4.64. The topological polar surface area (TPSA) is 35.6 Å². The molecule has 1 saturated heterocycles. The Morgan fingerprint density at radius 1 is 1.00 bits per heavy atom. The molecule has 0 spiro atoms. The highest BCUT2D eigenvalue weighted by molar-refractivity contribution is 5.93. The Labute approximate surface area is 156 Å². The standard InChI is InChI=1S/C22H29N3O/c1-3-18(2)20-11-7-8-12-21(20)23-22(26)17-24-13-15-25(16-14-24)19-9-5-4-6-10-19/h4-12,18H,3,13-17H2,1-2H3,(H,23,26)/t18-/m1/s1. The number of para-hydroxylation sites is 2. The second-order valence-corrected chi connectivity index (χ2v) is 7.04. The Morgan fingerprint density at radius 2 is 1.65 bits per heavy atom. The lowest BCUT2D eigenvalue weighted by molar-refractivity contribution is -0.117. The van der Waals surface area contributed by atoms with Crippen molar-refractivity contribution in [1.29, 1.82) is 0 Å². The zero-order valence-corrected chi connectivity index (χ0v) is 15.8. The Kier molecular flexibility index (Phi) is 6.29. The summed E-state index contributed by atoms with van der Waals surface area (Å²) in [5, 5.41) is 3.12. The van der Waals surface area contributed by atoms with Crippen molar-refractivity contribution < 1.29 is 4.79 Å². The third-order valence-corrected chi connectivity index (χ3v) is 5.24. The average molecular weight is 351 g/mol. The molecule has 26 heavy (non-hydrogen) atoms. The molecule has 1 atom stereocenters. The van der Waals surface area contributed by atoms with E-state index in [0.29, 0.717) is 12.5 Å². The van der Waals surface area contributed by atoms with Crippen molar-refractivity contribution in [3.8, 4) is 0 Å². The largest absolute Gasteiger partial charge is 0.369 e. The van der Waals surface area contributed by atoms with E-state index in [4.69, 9.17) is 0 Å². The van der Waals surface area contributed by atoms with E-state index in [1.54, 1.807) is 0 Å². The molecule has 1 aliphatic heterocycles. The summed E-state index contributed by atoms with van der Waals surface area (Å²) < 4.78 is 0. The van der Waals surface area contributed by atoms with E-state index in [9.17, 15) is 4.79 Å². The first-order valence-corrected chi connectivity index (χ1v) is 9.58. The Morgan fingerprint density at radius 3 is 2.35 bits per heavy atom. The smallest absolute Gasteiger partial charge is 0.238 e. The summed E-state index contributed by atoms with van der Waals surface area (Å²) in [5.41, 5.74) is 3.44. The lowest BCUT2D eigenvalue weighted by Gasteiger charge is -2.35. The predicted octanol–water partition coefficient (Wildman–Crippen LogP) is 3.96. The fraction of sp³-hybridized carbons (Fsp3) is 0.409. The second kappa shape index (κ2) is 8.86. The van der Waals surface area contributed by atoms with E-state index in [-0.39, 0.29) is 5.91 Å².